The maximum Gasteiger partial charge on any atom is 0.264 e. The lowest BCUT2D eigenvalue weighted by atomic mass is 9.95. The number of carbonyl (C=O) groups is 1. The van der Waals surface area contributed by atoms with Crippen molar-refractivity contribution in [2.75, 3.05) is 17.5 Å². The van der Waals surface area contributed by atoms with E-state index in [0.717, 1.165) is 21.0 Å². The van der Waals surface area contributed by atoms with Gasteiger partial charge in [0.1, 0.15) is 12.3 Å². The molecule has 1 unspecified atom stereocenters. The van der Waals surface area contributed by atoms with Crippen LogP contribution in [0.3, 0.4) is 0 Å². The second-order valence-electron chi connectivity index (χ2n) is 8.63. The first-order valence-electron chi connectivity index (χ1n) is 12.2. The summed E-state index contributed by atoms with van der Waals surface area (Å²) in [6, 6.07) is 29.5. The van der Waals surface area contributed by atoms with Crippen LogP contribution in [0.15, 0.2) is 108 Å². The number of nitrogens with zero attached hydrogens (tertiary/aromatic N) is 1. The van der Waals surface area contributed by atoms with Crippen LogP contribution in [0.2, 0.25) is 5.02 Å². The smallest absolute Gasteiger partial charge is 0.264 e. The fraction of sp³-hybridized carbons (Fsp3) is 0.167. The molecule has 1 N–H and O–H groups in total. The molecule has 0 radical (unpaired) electrons. The summed E-state index contributed by atoms with van der Waals surface area (Å²) in [6.45, 7) is 3.67. The number of sulfonamides is 1. The third kappa shape index (κ3) is 6.18. The normalized spacial score (nSPS) is 12.0. The van der Waals surface area contributed by atoms with Gasteiger partial charge in [0.2, 0.25) is 5.91 Å². The second-order valence-corrected chi connectivity index (χ2v) is 10.9. The highest BCUT2D eigenvalue weighted by molar-refractivity contribution is 7.92. The molecule has 196 valence electrons. The Kier molecular flexibility index (Phi) is 8.71. The first-order chi connectivity index (χ1) is 18.3. The number of para-hydroxylation sites is 2. The second kappa shape index (κ2) is 12.2. The highest BCUT2D eigenvalue weighted by Gasteiger charge is 2.30. The van der Waals surface area contributed by atoms with Gasteiger partial charge in [-0.2, -0.15) is 0 Å². The number of hydrogen-bond acceptors (Lipinski definition) is 4. The Morgan fingerprint density at radius 2 is 1.53 bits per heavy atom. The van der Waals surface area contributed by atoms with Crippen LogP contribution in [0.1, 0.15) is 29.7 Å². The van der Waals surface area contributed by atoms with Gasteiger partial charge in [0.15, 0.2) is 0 Å². The lowest BCUT2D eigenvalue weighted by Crippen LogP contribution is -2.42. The molecule has 6 nitrogen and oxygen atoms in total. The van der Waals surface area contributed by atoms with Gasteiger partial charge in [-0.3, -0.25) is 9.10 Å². The average molecular weight is 549 g/mol. The molecule has 0 aliphatic heterocycles. The first kappa shape index (κ1) is 27.2. The van der Waals surface area contributed by atoms with Gasteiger partial charge in [-0.05, 0) is 66.9 Å². The van der Waals surface area contributed by atoms with Crippen LogP contribution in [0.5, 0.6) is 5.75 Å². The summed E-state index contributed by atoms with van der Waals surface area (Å²) in [5.41, 5.74) is 3.09. The summed E-state index contributed by atoms with van der Waals surface area (Å²) in [4.78, 5) is 13.6. The third-order valence-electron chi connectivity index (χ3n) is 6.06. The molecule has 4 rings (SSSR count). The molecule has 8 heteroatoms. The van der Waals surface area contributed by atoms with Gasteiger partial charge in [-0.1, -0.05) is 78.3 Å². The predicted molar refractivity (Wildman–Crippen MR) is 151 cm³/mol. The lowest BCUT2D eigenvalue weighted by Gasteiger charge is -2.28. The SMILES string of the molecule is CCOc1ccccc1N(CC(=O)NC(c1ccccc1)c1ccccc1C)S(=O)(=O)c1ccc(Cl)cc1. The van der Waals surface area contributed by atoms with E-state index in [-0.39, 0.29) is 10.6 Å². The molecule has 38 heavy (non-hydrogen) atoms. The predicted octanol–water partition coefficient (Wildman–Crippen LogP) is 6.15. The summed E-state index contributed by atoms with van der Waals surface area (Å²) in [7, 11) is -4.15. The van der Waals surface area contributed by atoms with E-state index < -0.39 is 28.5 Å². The molecule has 0 aliphatic rings. The van der Waals surface area contributed by atoms with Crippen molar-refractivity contribution >= 4 is 33.2 Å². The Morgan fingerprint density at radius 3 is 2.21 bits per heavy atom. The summed E-state index contributed by atoms with van der Waals surface area (Å²) < 4.78 is 34.5. The maximum atomic E-state index is 13.9. The number of anilines is 1. The van der Waals surface area contributed by atoms with E-state index in [1.807, 2.05) is 68.4 Å². The van der Waals surface area contributed by atoms with Crippen molar-refractivity contribution in [3.63, 3.8) is 0 Å². The Bertz CT molecular complexity index is 1490. The fourth-order valence-electron chi connectivity index (χ4n) is 4.21. The van der Waals surface area contributed by atoms with Crippen LogP contribution in [0, 0.1) is 6.92 Å². The van der Waals surface area contributed by atoms with Crippen LogP contribution in [0.4, 0.5) is 5.69 Å². The molecule has 4 aromatic rings. The molecule has 0 heterocycles. The van der Waals surface area contributed by atoms with Crippen LogP contribution in [0.25, 0.3) is 0 Å². The minimum absolute atomic E-state index is 0.0134. The number of aryl methyl sites for hydroxylation is 1. The van der Waals surface area contributed by atoms with Gasteiger partial charge in [0, 0.05) is 5.02 Å². The number of ether oxygens (including phenoxy) is 1. The molecular weight excluding hydrogens is 520 g/mol. The van der Waals surface area contributed by atoms with Crippen LogP contribution in [-0.2, 0) is 14.8 Å². The van der Waals surface area contributed by atoms with E-state index in [9.17, 15) is 13.2 Å². The van der Waals surface area contributed by atoms with Crippen LogP contribution in [-0.4, -0.2) is 27.5 Å². The number of carbonyl (C=O) groups excluding carboxylic acids is 1. The van der Waals surface area contributed by atoms with Gasteiger partial charge in [0.25, 0.3) is 10.0 Å². The fourth-order valence-corrected chi connectivity index (χ4v) is 5.77. The van der Waals surface area contributed by atoms with Gasteiger partial charge in [-0.25, -0.2) is 8.42 Å². The minimum atomic E-state index is -4.15. The van der Waals surface area contributed by atoms with Crippen molar-refractivity contribution in [1.82, 2.24) is 5.32 Å². The Hall–Kier alpha value is -3.81. The van der Waals surface area contributed by atoms with Crippen LogP contribution < -0.4 is 14.4 Å². The van der Waals surface area contributed by atoms with Crippen molar-refractivity contribution in [3.05, 3.63) is 125 Å². The summed E-state index contributed by atoms with van der Waals surface area (Å²) >= 11 is 6.00. The molecular formula is C30H29ClN2O4S. The zero-order valence-corrected chi connectivity index (χ0v) is 22.7. The number of halogens is 1. The van der Waals surface area contributed by atoms with E-state index in [2.05, 4.69) is 5.32 Å². The van der Waals surface area contributed by atoms with E-state index in [0.29, 0.717) is 17.4 Å². The monoisotopic (exact) mass is 548 g/mol. The molecule has 0 fully saturated rings. The molecule has 0 saturated heterocycles. The topological polar surface area (TPSA) is 75.7 Å². The third-order valence-corrected chi connectivity index (χ3v) is 8.09. The molecule has 0 spiro atoms. The van der Waals surface area contributed by atoms with Crippen molar-refractivity contribution in [1.29, 1.82) is 0 Å². The van der Waals surface area contributed by atoms with Crippen molar-refractivity contribution in [3.8, 4) is 5.75 Å². The Balaban J connectivity index is 1.74. The zero-order valence-electron chi connectivity index (χ0n) is 21.2. The van der Waals surface area contributed by atoms with Gasteiger partial charge in [-0.15, -0.1) is 0 Å². The average Bonchev–Trinajstić information content (AvgIpc) is 2.92. The van der Waals surface area contributed by atoms with Crippen molar-refractivity contribution in [2.24, 2.45) is 0 Å². The van der Waals surface area contributed by atoms with Gasteiger partial charge in [0.05, 0.1) is 23.2 Å². The Morgan fingerprint density at radius 1 is 0.895 bits per heavy atom. The number of rotatable bonds is 10. The maximum absolute atomic E-state index is 13.9. The molecule has 0 bridgehead atoms. The van der Waals surface area contributed by atoms with E-state index >= 15 is 0 Å². The zero-order chi connectivity index (χ0) is 27.1. The van der Waals surface area contributed by atoms with E-state index in [1.54, 1.807) is 24.3 Å². The number of hydrogen-bond donors (Lipinski definition) is 1. The van der Waals surface area contributed by atoms with Crippen LogP contribution >= 0.6 is 11.6 Å². The molecule has 4 aromatic carbocycles. The molecule has 0 aliphatic carbocycles. The van der Waals surface area contributed by atoms with E-state index in [4.69, 9.17) is 16.3 Å². The summed E-state index contributed by atoms with van der Waals surface area (Å²) in [5, 5.41) is 3.48. The summed E-state index contributed by atoms with van der Waals surface area (Å²) in [6.07, 6.45) is 0. The number of amides is 1. The largest absolute Gasteiger partial charge is 0.492 e. The summed E-state index contributed by atoms with van der Waals surface area (Å²) in [5.74, 6) is -0.107. The first-order valence-corrected chi connectivity index (χ1v) is 14.0. The lowest BCUT2D eigenvalue weighted by molar-refractivity contribution is -0.120. The molecule has 0 saturated carbocycles. The molecule has 1 atom stereocenters. The van der Waals surface area contributed by atoms with Gasteiger partial charge < -0.3 is 10.1 Å². The standard InChI is InChI=1S/C30H29ClN2O4S/c1-3-37-28-16-10-9-15-27(28)33(38(35,36)25-19-17-24(31)18-20-25)21-29(34)32-30(23-12-5-4-6-13-23)26-14-8-7-11-22(26)2/h4-20,30H,3,21H2,1-2H3,(H,32,34). The van der Waals surface area contributed by atoms with E-state index in [1.165, 1.54) is 24.3 Å². The van der Waals surface area contributed by atoms with Crippen molar-refractivity contribution < 1.29 is 17.9 Å². The quantitative estimate of drug-likeness (QED) is 0.258. The molecule has 1 amide bonds. The highest BCUT2D eigenvalue weighted by atomic mass is 35.5. The van der Waals surface area contributed by atoms with Crippen molar-refractivity contribution in [2.45, 2.75) is 24.8 Å². The molecule has 0 aromatic heterocycles. The minimum Gasteiger partial charge on any atom is -0.492 e. The number of nitrogens with one attached hydrogen (secondary N) is 1. The Labute approximate surface area is 228 Å². The highest BCUT2D eigenvalue weighted by Crippen LogP contribution is 2.33. The van der Waals surface area contributed by atoms with Gasteiger partial charge >= 0.3 is 0 Å². The number of benzene rings is 4.